The largest absolute Gasteiger partial charge is 1.00 e. The third-order valence-electron chi connectivity index (χ3n) is 9.16. The van der Waals surface area contributed by atoms with Crippen LogP contribution in [0.15, 0.2) is 42.5 Å². The Morgan fingerprint density at radius 2 is 1.55 bits per heavy atom. The molecule has 0 radical (unpaired) electrons. The molecule has 2 aromatic rings. The fourth-order valence-electron chi connectivity index (χ4n) is 6.78. The Bertz CT molecular complexity index is 1110. The van der Waals surface area contributed by atoms with Crippen LogP contribution in [-0.2, 0) is 11.2 Å². The van der Waals surface area contributed by atoms with E-state index in [-0.39, 0.29) is 24.8 Å². The SMILES string of the molecule is CSCC[C@H](NC(=O)c1ccc(CCN(CC2CCCCC2)CC2CCCCC2)cc1-c1ccccc1C)C(=O)[O-].[Li+]. The maximum Gasteiger partial charge on any atom is 1.00 e. The van der Waals surface area contributed by atoms with Gasteiger partial charge in [0.1, 0.15) is 0 Å². The first-order valence-electron chi connectivity index (χ1n) is 15.9. The van der Waals surface area contributed by atoms with E-state index in [1.165, 1.54) is 82.9 Å². The molecule has 2 aliphatic rings. The second-order valence-electron chi connectivity index (χ2n) is 12.3. The number of hydrogen-bond acceptors (Lipinski definition) is 5. The first-order chi connectivity index (χ1) is 19.9. The van der Waals surface area contributed by atoms with Gasteiger partial charge in [0.15, 0.2) is 0 Å². The summed E-state index contributed by atoms with van der Waals surface area (Å²) in [6.07, 6.45) is 17.0. The Hall–Kier alpha value is -1.71. The number of carbonyl (C=O) groups excluding carboxylic acids is 2. The Labute approximate surface area is 270 Å². The number of carboxylic acid groups (broad SMARTS) is 1. The van der Waals surface area contributed by atoms with Crippen LogP contribution in [-0.4, -0.2) is 54.5 Å². The van der Waals surface area contributed by atoms with Gasteiger partial charge in [-0.2, -0.15) is 11.8 Å². The predicted molar refractivity (Wildman–Crippen MR) is 169 cm³/mol. The van der Waals surface area contributed by atoms with Crippen LogP contribution in [0.25, 0.3) is 11.1 Å². The summed E-state index contributed by atoms with van der Waals surface area (Å²) in [6.45, 7) is 5.51. The zero-order chi connectivity index (χ0) is 29.0. The van der Waals surface area contributed by atoms with Crippen LogP contribution in [0.2, 0.25) is 0 Å². The molecular weight excluding hydrogens is 535 g/mol. The Kier molecular flexibility index (Phi) is 15.1. The number of benzene rings is 2. The van der Waals surface area contributed by atoms with Gasteiger partial charge >= 0.3 is 18.9 Å². The first-order valence-corrected chi connectivity index (χ1v) is 17.3. The van der Waals surface area contributed by atoms with Crippen molar-refractivity contribution in [1.29, 1.82) is 0 Å². The summed E-state index contributed by atoms with van der Waals surface area (Å²) in [5.74, 6) is 0.687. The molecule has 0 aromatic heterocycles. The number of carboxylic acids is 1. The van der Waals surface area contributed by atoms with Crippen LogP contribution in [0, 0.1) is 18.8 Å². The molecule has 0 bridgehead atoms. The topological polar surface area (TPSA) is 72.5 Å². The van der Waals surface area contributed by atoms with Gasteiger partial charge in [0.25, 0.3) is 5.91 Å². The van der Waals surface area contributed by atoms with E-state index in [1.807, 2.05) is 30.5 Å². The minimum absolute atomic E-state index is 0. The normalized spacial score (nSPS) is 17.0. The van der Waals surface area contributed by atoms with Crippen LogP contribution >= 0.6 is 11.8 Å². The molecule has 1 amide bonds. The van der Waals surface area contributed by atoms with Crippen molar-refractivity contribution >= 4 is 23.6 Å². The van der Waals surface area contributed by atoms with E-state index in [9.17, 15) is 14.7 Å². The summed E-state index contributed by atoms with van der Waals surface area (Å²) >= 11 is 1.56. The molecule has 1 atom stereocenters. The molecule has 4 rings (SSSR count). The average Bonchev–Trinajstić information content (AvgIpc) is 2.99. The van der Waals surface area contributed by atoms with Gasteiger partial charge in [-0.3, -0.25) is 4.79 Å². The van der Waals surface area contributed by atoms with E-state index in [0.29, 0.717) is 17.7 Å². The number of carbonyl (C=O) groups is 2. The average molecular weight is 585 g/mol. The second-order valence-corrected chi connectivity index (χ2v) is 13.3. The quantitative estimate of drug-likeness (QED) is 0.345. The fraction of sp³-hybridized carbons (Fsp3) is 0.600. The number of nitrogens with one attached hydrogen (secondary N) is 1. The molecule has 2 saturated carbocycles. The molecule has 0 aliphatic heterocycles. The van der Waals surface area contributed by atoms with E-state index in [2.05, 4.69) is 35.3 Å². The molecule has 5 nitrogen and oxygen atoms in total. The zero-order valence-corrected chi connectivity index (χ0v) is 27.0. The second kappa shape index (κ2) is 18.2. The van der Waals surface area contributed by atoms with Crippen molar-refractivity contribution in [2.75, 3.05) is 31.6 Å². The van der Waals surface area contributed by atoms with E-state index in [4.69, 9.17) is 0 Å². The smallest absolute Gasteiger partial charge is 0.548 e. The number of aliphatic carboxylic acids is 1. The van der Waals surface area contributed by atoms with Gasteiger partial charge in [0.05, 0.1) is 12.0 Å². The maximum atomic E-state index is 13.4. The molecule has 42 heavy (non-hydrogen) atoms. The summed E-state index contributed by atoms with van der Waals surface area (Å²) in [7, 11) is 0. The van der Waals surface area contributed by atoms with Crippen molar-refractivity contribution in [2.24, 2.45) is 11.8 Å². The summed E-state index contributed by atoms with van der Waals surface area (Å²) in [4.78, 5) is 27.9. The molecule has 0 unspecified atom stereocenters. The molecule has 224 valence electrons. The standard InChI is InChI=1S/C35H50N2O3S.Li/c1-26-11-9-10-16-30(26)32-23-27(17-18-31(32)34(38)36-33(35(39)40)20-22-41-2)19-21-37(24-28-12-5-3-6-13-28)25-29-14-7-4-8-15-29;/h9-11,16-18,23,28-29,33H,3-8,12-15,19-22,24-25H2,1-2H3,(H,36,38)(H,39,40);/q;+1/p-1/t33-;/m0./s1. The summed E-state index contributed by atoms with van der Waals surface area (Å²) < 4.78 is 0. The molecule has 2 aromatic carbocycles. The Balaban J connectivity index is 0.00000484. The number of nitrogens with zero attached hydrogens (tertiary/aromatic N) is 1. The zero-order valence-electron chi connectivity index (χ0n) is 26.2. The summed E-state index contributed by atoms with van der Waals surface area (Å²) in [5, 5.41) is 14.5. The van der Waals surface area contributed by atoms with Crippen LogP contribution in [0.3, 0.4) is 0 Å². The number of rotatable bonds is 14. The van der Waals surface area contributed by atoms with Gasteiger partial charge in [0, 0.05) is 25.2 Å². The van der Waals surface area contributed by atoms with E-state index < -0.39 is 12.0 Å². The molecule has 2 fully saturated rings. The number of amides is 1. The van der Waals surface area contributed by atoms with Gasteiger partial charge in [-0.1, -0.05) is 74.9 Å². The first kappa shape index (κ1) is 34.8. The summed E-state index contributed by atoms with van der Waals surface area (Å²) in [6, 6.07) is 13.2. The van der Waals surface area contributed by atoms with Crippen molar-refractivity contribution < 1.29 is 33.6 Å². The summed E-state index contributed by atoms with van der Waals surface area (Å²) in [5.41, 5.74) is 4.70. The minimum atomic E-state index is -1.24. The van der Waals surface area contributed by atoms with Crippen molar-refractivity contribution in [1.82, 2.24) is 10.2 Å². The number of aryl methyl sites for hydroxylation is 1. The van der Waals surface area contributed by atoms with Crippen LogP contribution < -0.4 is 29.3 Å². The van der Waals surface area contributed by atoms with Crippen molar-refractivity contribution in [3.05, 3.63) is 59.2 Å². The molecule has 0 spiro atoms. The van der Waals surface area contributed by atoms with Crippen LogP contribution in [0.1, 0.15) is 92.1 Å². The minimum Gasteiger partial charge on any atom is -0.548 e. The third kappa shape index (κ3) is 10.5. The Morgan fingerprint density at radius 1 is 0.929 bits per heavy atom. The maximum absolute atomic E-state index is 13.4. The monoisotopic (exact) mass is 584 g/mol. The van der Waals surface area contributed by atoms with Crippen molar-refractivity contribution in [2.45, 2.75) is 90.0 Å². The van der Waals surface area contributed by atoms with Gasteiger partial charge in [-0.15, -0.1) is 0 Å². The number of hydrogen-bond donors (Lipinski definition) is 1. The molecule has 1 N–H and O–H groups in total. The van der Waals surface area contributed by atoms with E-state index in [1.54, 1.807) is 11.8 Å². The van der Waals surface area contributed by atoms with Gasteiger partial charge in [0.2, 0.25) is 0 Å². The van der Waals surface area contributed by atoms with Crippen molar-refractivity contribution in [3.8, 4) is 11.1 Å². The Morgan fingerprint density at radius 3 is 2.12 bits per heavy atom. The molecule has 0 heterocycles. The fourth-order valence-corrected chi connectivity index (χ4v) is 7.25. The van der Waals surface area contributed by atoms with E-state index in [0.717, 1.165) is 41.5 Å². The van der Waals surface area contributed by atoms with Crippen LogP contribution in [0.5, 0.6) is 0 Å². The van der Waals surface area contributed by atoms with Crippen molar-refractivity contribution in [3.63, 3.8) is 0 Å². The van der Waals surface area contributed by atoms with E-state index >= 15 is 0 Å². The molecular formula is C35H49LiN2O3S. The predicted octanol–water partition coefficient (Wildman–Crippen LogP) is 3.27. The van der Waals surface area contributed by atoms with Gasteiger partial charge < -0.3 is 20.1 Å². The van der Waals surface area contributed by atoms with Gasteiger partial charge in [-0.25, -0.2) is 0 Å². The van der Waals surface area contributed by atoms with Gasteiger partial charge in [-0.05, 0) is 97.6 Å². The number of thioether (sulfide) groups is 1. The third-order valence-corrected chi connectivity index (χ3v) is 9.81. The van der Waals surface area contributed by atoms with Crippen LogP contribution in [0.4, 0.5) is 0 Å². The molecule has 0 saturated heterocycles. The molecule has 2 aliphatic carbocycles. The molecule has 7 heteroatoms.